The molecule has 1 nitrogen and oxygen atoms in total. The summed E-state index contributed by atoms with van der Waals surface area (Å²) in [7, 11) is 0. The van der Waals surface area contributed by atoms with E-state index in [1.54, 1.807) is 0 Å². The Bertz CT molecular complexity index is 3050. The molecule has 8 aromatic carbocycles. The van der Waals surface area contributed by atoms with Gasteiger partial charge in [-0.2, -0.15) is 0 Å². The van der Waals surface area contributed by atoms with Gasteiger partial charge in [0.15, 0.2) is 0 Å². The molecule has 0 atom stereocenters. The van der Waals surface area contributed by atoms with E-state index in [1.807, 2.05) is 6.08 Å². The molecule has 0 N–H and O–H groups in total. The number of benzene rings is 8. The van der Waals surface area contributed by atoms with Crippen LogP contribution in [0.2, 0.25) is 0 Å². The minimum absolute atomic E-state index is 0.0614. The third kappa shape index (κ3) is 6.61. The van der Waals surface area contributed by atoms with Gasteiger partial charge in [-0.05, 0) is 132 Å². The first kappa shape index (κ1) is 40.8. The third-order valence-corrected chi connectivity index (χ3v) is 13.9. The molecule has 0 radical (unpaired) electrons. The van der Waals surface area contributed by atoms with Crippen LogP contribution in [0.15, 0.2) is 224 Å². The Kier molecular flexibility index (Phi) is 10.1. The van der Waals surface area contributed by atoms with Crippen LogP contribution in [0, 0.1) is 0 Å². The summed E-state index contributed by atoms with van der Waals surface area (Å²) in [6.07, 6.45) is 4.24. The van der Waals surface area contributed by atoms with Crippen molar-refractivity contribution >= 4 is 28.2 Å². The first-order valence-electron chi connectivity index (χ1n) is 22.6. The molecule has 8 aromatic rings. The molecule has 0 aromatic heterocycles. The summed E-state index contributed by atoms with van der Waals surface area (Å²) in [5, 5.41) is 0. The maximum absolute atomic E-state index is 4.35. The van der Waals surface area contributed by atoms with E-state index < -0.39 is 5.41 Å². The predicted molar refractivity (Wildman–Crippen MR) is 273 cm³/mol. The Morgan fingerprint density at radius 3 is 1.59 bits per heavy atom. The van der Waals surface area contributed by atoms with Crippen molar-refractivity contribution in [1.82, 2.24) is 0 Å². The topological polar surface area (TPSA) is 3.24 Å². The van der Waals surface area contributed by atoms with Crippen molar-refractivity contribution in [3.8, 4) is 22.3 Å². The van der Waals surface area contributed by atoms with E-state index >= 15 is 0 Å². The van der Waals surface area contributed by atoms with Gasteiger partial charge < -0.3 is 4.90 Å². The van der Waals surface area contributed by atoms with Gasteiger partial charge in [-0.3, -0.25) is 0 Å². The van der Waals surface area contributed by atoms with Gasteiger partial charge in [0.1, 0.15) is 0 Å². The van der Waals surface area contributed by atoms with Crippen LogP contribution in [-0.4, -0.2) is 0 Å². The van der Waals surface area contributed by atoms with E-state index in [1.165, 1.54) is 83.5 Å². The molecule has 64 heavy (non-hydrogen) atoms. The van der Waals surface area contributed by atoms with E-state index in [-0.39, 0.29) is 10.8 Å². The highest BCUT2D eigenvalue weighted by Gasteiger charge is 2.49. The van der Waals surface area contributed by atoms with Gasteiger partial charge in [-0.15, -0.1) is 0 Å². The zero-order chi connectivity index (χ0) is 44.2. The van der Waals surface area contributed by atoms with Crippen LogP contribution < -0.4 is 4.90 Å². The summed E-state index contributed by atoms with van der Waals surface area (Å²) in [6.45, 7) is 18.2. The highest BCUT2D eigenvalue weighted by molar-refractivity contribution is 6.06. The highest BCUT2D eigenvalue weighted by atomic mass is 15.1. The summed E-state index contributed by atoms with van der Waals surface area (Å²) < 4.78 is 0. The lowest BCUT2D eigenvalue weighted by Crippen LogP contribution is -2.29. The number of fused-ring (bicyclic) bond motifs is 4. The molecule has 312 valence electrons. The summed E-state index contributed by atoms with van der Waals surface area (Å²) in [6, 6.07) is 74.3. The van der Waals surface area contributed by atoms with E-state index in [0.29, 0.717) is 0 Å². The van der Waals surface area contributed by atoms with E-state index in [9.17, 15) is 0 Å². The number of nitrogens with zero attached hydrogens (tertiary/aromatic N) is 1. The van der Waals surface area contributed by atoms with Crippen molar-refractivity contribution in [3.05, 3.63) is 269 Å². The van der Waals surface area contributed by atoms with Crippen LogP contribution >= 0.6 is 0 Å². The predicted octanol–water partition coefficient (Wildman–Crippen LogP) is 16.8. The van der Waals surface area contributed by atoms with Crippen molar-refractivity contribution in [2.75, 3.05) is 4.90 Å². The largest absolute Gasteiger partial charge is 0.310 e. The monoisotopic (exact) mass is 825 g/mol. The molecule has 10 rings (SSSR count). The van der Waals surface area contributed by atoms with Crippen LogP contribution in [0.25, 0.3) is 33.4 Å². The summed E-state index contributed by atoms with van der Waals surface area (Å²) in [4.78, 5) is 2.46. The molecule has 0 aliphatic heterocycles. The van der Waals surface area contributed by atoms with Gasteiger partial charge >= 0.3 is 0 Å². The smallest absolute Gasteiger partial charge is 0.0714 e. The van der Waals surface area contributed by atoms with E-state index in [4.69, 9.17) is 0 Å². The third-order valence-electron chi connectivity index (χ3n) is 13.9. The fraction of sp³-hybridized carbons (Fsp3) is 0.143. The van der Waals surface area contributed by atoms with Crippen LogP contribution in [0.4, 0.5) is 17.1 Å². The second-order valence-corrected chi connectivity index (χ2v) is 19.0. The number of hydrogen-bond acceptors (Lipinski definition) is 1. The van der Waals surface area contributed by atoms with Crippen molar-refractivity contribution in [1.29, 1.82) is 0 Å². The second-order valence-electron chi connectivity index (χ2n) is 19.0. The van der Waals surface area contributed by atoms with Gasteiger partial charge in [-0.25, -0.2) is 0 Å². The molecule has 0 bridgehead atoms. The first-order chi connectivity index (χ1) is 31.0. The minimum Gasteiger partial charge on any atom is -0.310 e. The van der Waals surface area contributed by atoms with Crippen LogP contribution in [0.3, 0.4) is 0 Å². The molecular weight excluding hydrogens is 771 g/mol. The quantitative estimate of drug-likeness (QED) is 0.148. The highest BCUT2D eigenvalue weighted by Crippen LogP contribution is 2.60. The van der Waals surface area contributed by atoms with Crippen molar-refractivity contribution in [2.24, 2.45) is 0 Å². The van der Waals surface area contributed by atoms with E-state index in [2.05, 4.69) is 259 Å². The number of anilines is 3. The number of allylic oxidation sites excluding steroid dienone is 5. The van der Waals surface area contributed by atoms with Gasteiger partial charge in [0.25, 0.3) is 0 Å². The summed E-state index contributed by atoms with van der Waals surface area (Å²) in [5.74, 6) is 0. The SMILES string of the molecule is C=C/C=C1\C(=C(/C)c2ccc(C(C)(C)C)cc2)c2ccc(N(c3ccc(-c4ccccc4)cc3)c3ccc4c(c3)C(C)(C)c3ccccc3-4)cc2C1(c1ccccc1)c1ccccc1. The molecule has 0 saturated heterocycles. The summed E-state index contributed by atoms with van der Waals surface area (Å²) in [5.41, 5.74) is 21.5. The Morgan fingerprint density at radius 2 is 1.00 bits per heavy atom. The maximum atomic E-state index is 4.35. The number of hydrogen-bond donors (Lipinski definition) is 0. The average molecular weight is 826 g/mol. The summed E-state index contributed by atoms with van der Waals surface area (Å²) >= 11 is 0. The lowest BCUT2D eigenvalue weighted by Gasteiger charge is -2.35. The zero-order valence-electron chi connectivity index (χ0n) is 37.9. The van der Waals surface area contributed by atoms with E-state index in [0.717, 1.165) is 17.1 Å². The van der Waals surface area contributed by atoms with Crippen LogP contribution in [0.5, 0.6) is 0 Å². The molecule has 0 heterocycles. The van der Waals surface area contributed by atoms with Crippen molar-refractivity contribution in [2.45, 2.75) is 57.8 Å². The molecule has 0 amide bonds. The molecule has 0 unspecified atom stereocenters. The lowest BCUT2D eigenvalue weighted by atomic mass is 9.67. The van der Waals surface area contributed by atoms with Gasteiger partial charge in [-0.1, -0.05) is 217 Å². The lowest BCUT2D eigenvalue weighted by molar-refractivity contribution is 0.590. The molecule has 1 heteroatoms. The first-order valence-corrected chi connectivity index (χ1v) is 22.6. The van der Waals surface area contributed by atoms with Gasteiger partial charge in [0.05, 0.1) is 5.41 Å². The van der Waals surface area contributed by atoms with Crippen LogP contribution in [-0.2, 0) is 16.2 Å². The molecular formula is C63H55N. The fourth-order valence-corrected chi connectivity index (χ4v) is 10.6. The standard InChI is InChI=1S/C63H55N/c1-8-20-57-60(43(2)44-29-33-47(34-30-44)61(3,4)5)55-40-38-52(42-59(55)63(57,48-23-14-10-15-24-48)49-25-16-11-17-26-49)64(50-35-31-46(32-36-50)45-21-12-9-13-22-45)51-37-39-54-53-27-18-19-28-56(53)62(6,7)58(54)41-51/h8-42H,1H2,2-7H3/b57-20+,60-43+. The Morgan fingerprint density at radius 1 is 0.500 bits per heavy atom. The average Bonchev–Trinajstić information content (AvgIpc) is 3.74. The van der Waals surface area contributed by atoms with Crippen molar-refractivity contribution < 1.29 is 0 Å². The molecule has 2 aliphatic carbocycles. The molecule has 0 spiro atoms. The van der Waals surface area contributed by atoms with Gasteiger partial charge in [0, 0.05) is 22.5 Å². The van der Waals surface area contributed by atoms with Crippen LogP contribution in [0.1, 0.15) is 86.1 Å². The van der Waals surface area contributed by atoms with Gasteiger partial charge in [0.2, 0.25) is 0 Å². The maximum Gasteiger partial charge on any atom is 0.0714 e. The fourth-order valence-electron chi connectivity index (χ4n) is 10.6. The molecule has 0 saturated carbocycles. The minimum atomic E-state index is -0.644. The molecule has 2 aliphatic rings. The second kappa shape index (κ2) is 15.8. The normalized spacial score (nSPS) is 15.9. The van der Waals surface area contributed by atoms with Crippen molar-refractivity contribution in [3.63, 3.8) is 0 Å². The zero-order valence-corrected chi connectivity index (χ0v) is 37.9. The molecule has 0 fully saturated rings. The number of rotatable bonds is 8. The Balaban J connectivity index is 1.25. The Hall–Kier alpha value is -7.22. The Labute approximate surface area is 380 Å².